The standard InChI is InChI=1S/C18H17Cl2NO4/c1-21(10-12-6-7-15(19)16(20)8-12)17(22)11-25-14-5-3-4-13(9-14)18(23)24-2/h3-9H,10-11H2,1-2H3. The lowest BCUT2D eigenvalue weighted by molar-refractivity contribution is -0.132. The second-order valence-corrected chi connectivity index (χ2v) is 6.12. The van der Waals surface area contributed by atoms with Crippen LogP contribution in [0, 0.1) is 0 Å². The first kappa shape index (κ1) is 19.1. The summed E-state index contributed by atoms with van der Waals surface area (Å²) in [5, 5.41) is 0.907. The van der Waals surface area contributed by atoms with E-state index in [1.807, 2.05) is 0 Å². The topological polar surface area (TPSA) is 55.8 Å². The second kappa shape index (κ2) is 8.74. The highest BCUT2D eigenvalue weighted by atomic mass is 35.5. The van der Waals surface area contributed by atoms with E-state index in [0.29, 0.717) is 27.9 Å². The van der Waals surface area contributed by atoms with Gasteiger partial charge in [0.2, 0.25) is 0 Å². The van der Waals surface area contributed by atoms with Gasteiger partial charge in [-0.25, -0.2) is 4.79 Å². The van der Waals surface area contributed by atoms with Crippen molar-refractivity contribution in [3.63, 3.8) is 0 Å². The van der Waals surface area contributed by atoms with Gasteiger partial charge in [-0.05, 0) is 35.9 Å². The SMILES string of the molecule is COC(=O)c1cccc(OCC(=O)N(C)Cc2ccc(Cl)c(Cl)c2)c1. The maximum absolute atomic E-state index is 12.2. The van der Waals surface area contributed by atoms with Gasteiger partial charge in [0.15, 0.2) is 6.61 Å². The molecule has 2 aromatic carbocycles. The number of ether oxygens (including phenoxy) is 2. The lowest BCUT2D eigenvalue weighted by Gasteiger charge is -2.18. The van der Waals surface area contributed by atoms with E-state index in [1.165, 1.54) is 18.1 Å². The molecule has 0 saturated heterocycles. The number of amides is 1. The molecule has 0 radical (unpaired) electrons. The number of carbonyl (C=O) groups is 2. The number of rotatable bonds is 6. The molecule has 0 aromatic heterocycles. The Bertz CT molecular complexity index is 779. The molecule has 0 aliphatic heterocycles. The molecule has 1 amide bonds. The number of benzene rings is 2. The van der Waals surface area contributed by atoms with E-state index in [1.54, 1.807) is 43.4 Å². The minimum atomic E-state index is -0.464. The minimum Gasteiger partial charge on any atom is -0.484 e. The predicted octanol–water partition coefficient (Wildman–Crippen LogP) is 3.82. The Balaban J connectivity index is 1.93. The summed E-state index contributed by atoms with van der Waals surface area (Å²) in [4.78, 5) is 25.2. The van der Waals surface area contributed by atoms with E-state index in [-0.39, 0.29) is 12.5 Å². The van der Waals surface area contributed by atoms with Gasteiger partial charge >= 0.3 is 5.97 Å². The van der Waals surface area contributed by atoms with Crippen molar-refractivity contribution in [3.8, 4) is 5.75 Å². The molecule has 0 saturated carbocycles. The first-order chi connectivity index (χ1) is 11.9. The number of hydrogen-bond acceptors (Lipinski definition) is 4. The zero-order chi connectivity index (χ0) is 18.4. The fraction of sp³-hybridized carbons (Fsp3) is 0.222. The van der Waals surface area contributed by atoms with Gasteiger partial charge in [0, 0.05) is 13.6 Å². The van der Waals surface area contributed by atoms with Gasteiger partial charge in [0.25, 0.3) is 5.91 Å². The van der Waals surface area contributed by atoms with Crippen LogP contribution in [-0.4, -0.2) is 37.5 Å². The number of hydrogen-bond donors (Lipinski definition) is 0. The molecule has 0 heterocycles. The molecule has 5 nitrogen and oxygen atoms in total. The molecule has 7 heteroatoms. The van der Waals surface area contributed by atoms with Gasteiger partial charge in [-0.2, -0.15) is 0 Å². The Morgan fingerprint density at radius 2 is 1.84 bits per heavy atom. The molecule has 0 aliphatic rings. The van der Waals surface area contributed by atoms with Crippen LogP contribution in [0.4, 0.5) is 0 Å². The minimum absolute atomic E-state index is 0.150. The molecule has 0 fully saturated rings. The molecule has 2 aromatic rings. The number of nitrogens with zero attached hydrogens (tertiary/aromatic N) is 1. The first-order valence-electron chi connectivity index (χ1n) is 7.39. The molecule has 0 spiro atoms. The van der Waals surface area contributed by atoms with Crippen molar-refractivity contribution in [2.75, 3.05) is 20.8 Å². The number of likely N-dealkylation sites (N-methyl/N-ethyl adjacent to an activating group) is 1. The fourth-order valence-corrected chi connectivity index (χ4v) is 2.41. The van der Waals surface area contributed by atoms with Gasteiger partial charge in [0.1, 0.15) is 5.75 Å². The molecule has 2 rings (SSSR count). The number of methoxy groups -OCH3 is 1. The van der Waals surface area contributed by atoms with Crippen molar-refractivity contribution in [2.24, 2.45) is 0 Å². The number of esters is 1. The first-order valence-corrected chi connectivity index (χ1v) is 8.15. The Labute approximate surface area is 156 Å². The largest absolute Gasteiger partial charge is 0.484 e. The summed E-state index contributed by atoms with van der Waals surface area (Å²) in [6, 6.07) is 11.7. The fourth-order valence-electron chi connectivity index (χ4n) is 2.09. The average Bonchev–Trinajstić information content (AvgIpc) is 2.62. The van der Waals surface area contributed by atoms with E-state index in [9.17, 15) is 9.59 Å². The molecule has 25 heavy (non-hydrogen) atoms. The third kappa shape index (κ3) is 5.37. The predicted molar refractivity (Wildman–Crippen MR) is 96.2 cm³/mol. The summed E-state index contributed by atoms with van der Waals surface area (Å²) in [5.41, 5.74) is 1.22. The third-order valence-electron chi connectivity index (χ3n) is 3.45. The van der Waals surface area contributed by atoms with Crippen LogP contribution in [0.2, 0.25) is 10.0 Å². The summed E-state index contributed by atoms with van der Waals surface area (Å²) < 4.78 is 10.1. The smallest absolute Gasteiger partial charge is 0.337 e. The average molecular weight is 382 g/mol. The molecular weight excluding hydrogens is 365 g/mol. The number of halogens is 2. The monoisotopic (exact) mass is 381 g/mol. The van der Waals surface area contributed by atoms with Crippen LogP contribution in [0.25, 0.3) is 0 Å². The van der Waals surface area contributed by atoms with Crippen LogP contribution in [-0.2, 0) is 16.1 Å². The Morgan fingerprint density at radius 1 is 1.08 bits per heavy atom. The van der Waals surface area contributed by atoms with E-state index in [0.717, 1.165) is 5.56 Å². The van der Waals surface area contributed by atoms with Gasteiger partial charge in [-0.3, -0.25) is 4.79 Å². The molecule has 0 N–H and O–H groups in total. The van der Waals surface area contributed by atoms with Crippen LogP contribution in [0.3, 0.4) is 0 Å². The maximum atomic E-state index is 12.2. The van der Waals surface area contributed by atoms with E-state index in [4.69, 9.17) is 27.9 Å². The molecule has 0 atom stereocenters. The van der Waals surface area contributed by atoms with Crippen LogP contribution >= 0.6 is 23.2 Å². The van der Waals surface area contributed by atoms with Gasteiger partial charge in [0.05, 0.1) is 22.7 Å². The maximum Gasteiger partial charge on any atom is 0.337 e. The van der Waals surface area contributed by atoms with Gasteiger partial charge < -0.3 is 14.4 Å². The summed E-state index contributed by atoms with van der Waals surface area (Å²) >= 11 is 11.8. The van der Waals surface area contributed by atoms with E-state index >= 15 is 0 Å². The Morgan fingerprint density at radius 3 is 2.52 bits per heavy atom. The van der Waals surface area contributed by atoms with E-state index in [2.05, 4.69) is 4.74 Å². The molecule has 0 unspecified atom stereocenters. The van der Waals surface area contributed by atoms with Gasteiger partial charge in [-0.15, -0.1) is 0 Å². The van der Waals surface area contributed by atoms with Crippen LogP contribution < -0.4 is 4.74 Å². The van der Waals surface area contributed by atoms with Gasteiger partial charge in [-0.1, -0.05) is 35.3 Å². The quantitative estimate of drug-likeness (QED) is 0.713. The van der Waals surface area contributed by atoms with Crippen molar-refractivity contribution >= 4 is 35.1 Å². The highest BCUT2D eigenvalue weighted by Gasteiger charge is 2.12. The zero-order valence-electron chi connectivity index (χ0n) is 13.8. The summed E-state index contributed by atoms with van der Waals surface area (Å²) in [7, 11) is 2.97. The Kier molecular flexibility index (Phi) is 6.67. The summed E-state index contributed by atoms with van der Waals surface area (Å²) in [5.74, 6) is -0.262. The highest BCUT2D eigenvalue weighted by molar-refractivity contribution is 6.42. The summed E-state index contributed by atoms with van der Waals surface area (Å²) in [6.45, 7) is 0.226. The van der Waals surface area contributed by atoms with Crippen LogP contribution in [0.5, 0.6) is 5.75 Å². The van der Waals surface area contributed by atoms with Crippen LogP contribution in [0.1, 0.15) is 15.9 Å². The Hall–Kier alpha value is -2.24. The molecular formula is C18H17Cl2NO4. The van der Waals surface area contributed by atoms with Crippen molar-refractivity contribution in [2.45, 2.75) is 6.54 Å². The molecule has 0 aliphatic carbocycles. The molecule has 132 valence electrons. The third-order valence-corrected chi connectivity index (χ3v) is 4.19. The van der Waals surface area contributed by atoms with Crippen molar-refractivity contribution in [3.05, 3.63) is 63.6 Å². The highest BCUT2D eigenvalue weighted by Crippen LogP contribution is 2.23. The normalized spacial score (nSPS) is 10.2. The van der Waals surface area contributed by atoms with Crippen molar-refractivity contribution in [1.82, 2.24) is 4.90 Å². The van der Waals surface area contributed by atoms with E-state index < -0.39 is 5.97 Å². The van der Waals surface area contributed by atoms with Crippen molar-refractivity contribution < 1.29 is 19.1 Å². The second-order valence-electron chi connectivity index (χ2n) is 5.31. The molecule has 0 bridgehead atoms. The lowest BCUT2D eigenvalue weighted by Crippen LogP contribution is -2.31. The summed E-state index contributed by atoms with van der Waals surface area (Å²) in [6.07, 6.45) is 0. The van der Waals surface area contributed by atoms with Crippen molar-refractivity contribution in [1.29, 1.82) is 0 Å². The zero-order valence-corrected chi connectivity index (χ0v) is 15.3. The van der Waals surface area contributed by atoms with Crippen LogP contribution in [0.15, 0.2) is 42.5 Å². The number of carbonyl (C=O) groups excluding carboxylic acids is 2. The lowest BCUT2D eigenvalue weighted by atomic mass is 10.2.